The standard InChI is InChI=1S/C13H17NO4.C2H6/c1-9(2)12-5-4-11(6-7-18-10(3)15)13(8-12)14(16)17;1-2/h4-5,8-9H,6-7H2,1-3H3;1-2H3. The molecule has 5 heteroatoms. The summed E-state index contributed by atoms with van der Waals surface area (Å²) in [5, 5.41) is 11.0. The van der Waals surface area contributed by atoms with Gasteiger partial charge in [0, 0.05) is 25.0 Å². The van der Waals surface area contributed by atoms with Gasteiger partial charge in [-0.2, -0.15) is 0 Å². The van der Waals surface area contributed by atoms with E-state index >= 15 is 0 Å². The molecule has 0 aromatic heterocycles. The highest BCUT2D eigenvalue weighted by Gasteiger charge is 2.15. The predicted molar refractivity (Wildman–Crippen MR) is 78.9 cm³/mol. The van der Waals surface area contributed by atoms with Crippen LogP contribution >= 0.6 is 0 Å². The summed E-state index contributed by atoms with van der Waals surface area (Å²) >= 11 is 0. The summed E-state index contributed by atoms with van der Waals surface area (Å²) in [6.45, 7) is 9.45. The van der Waals surface area contributed by atoms with Gasteiger partial charge in [0.05, 0.1) is 11.5 Å². The number of hydrogen-bond donors (Lipinski definition) is 0. The van der Waals surface area contributed by atoms with Crippen molar-refractivity contribution in [1.82, 2.24) is 0 Å². The van der Waals surface area contributed by atoms with E-state index in [4.69, 9.17) is 4.74 Å². The van der Waals surface area contributed by atoms with Crippen molar-refractivity contribution in [2.75, 3.05) is 6.61 Å². The Morgan fingerprint density at radius 2 is 1.95 bits per heavy atom. The Kier molecular flexibility index (Phi) is 8.20. The first-order chi connectivity index (χ1) is 9.41. The predicted octanol–water partition coefficient (Wildman–Crippen LogP) is 3.85. The van der Waals surface area contributed by atoms with Crippen molar-refractivity contribution in [3.63, 3.8) is 0 Å². The number of rotatable bonds is 5. The number of nitro groups is 1. The van der Waals surface area contributed by atoms with Crippen molar-refractivity contribution in [3.8, 4) is 0 Å². The molecule has 0 N–H and O–H groups in total. The third kappa shape index (κ3) is 5.82. The SMILES string of the molecule is CC.CC(=O)OCCc1ccc(C(C)C)cc1[N+](=O)[O-]. The molecule has 112 valence electrons. The van der Waals surface area contributed by atoms with Crippen LogP contribution in [0.4, 0.5) is 5.69 Å². The highest BCUT2D eigenvalue weighted by atomic mass is 16.6. The highest BCUT2D eigenvalue weighted by molar-refractivity contribution is 5.65. The van der Waals surface area contributed by atoms with Crippen LogP contribution in [0.15, 0.2) is 18.2 Å². The number of nitro benzene ring substituents is 1. The largest absolute Gasteiger partial charge is 0.466 e. The van der Waals surface area contributed by atoms with Crippen molar-refractivity contribution in [2.24, 2.45) is 0 Å². The lowest BCUT2D eigenvalue weighted by molar-refractivity contribution is -0.385. The van der Waals surface area contributed by atoms with Crippen molar-refractivity contribution in [2.45, 2.75) is 47.0 Å². The Hall–Kier alpha value is -1.91. The van der Waals surface area contributed by atoms with Crippen LogP contribution in [0.5, 0.6) is 0 Å². The third-order valence-electron chi connectivity index (χ3n) is 2.65. The topological polar surface area (TPSA) is 69.4 Å². The molecule has 0 heterocycles. The second-order valence-electron chi connectivity index (χ2n) is 4.39. The second kappa shape index (κ2) is 9.07. The molecule has 0 unspecified atom stereocenters. The van der Waals surface area contributed by atoms with E-state index < -0.39 is 4.92 Å². The first-order valence-electron chi connectivity index (χ1n) is 6.82. The fraction of sp³-hybridized carbons (Fsp3) is 0.533. The van der Waals surface area contributed by atoms with E-state index in [1.165, 1.54) is 6.92 Å². The lowest BCUT2D eigenvalue weighted by atomic mass is 9.99. The van der Waals surface area contributed by atoms with Gasteiger partial charge in [0.15, 0.2) is 0 Å². The van der Waals surface area contributed by atoms with Crippen molar-refractivity contribution >= 4 is 11.7 Å². The van der Waals surface area contributed by atoms with Crippen LogP contribution < -0.4 is 0 Å². The van der Waals surface area contributed by atoms with Crippen LogP contribution in [0.2, 0.25) is 0 Å². The average Bonchev–Trinajstić information content (AvgIpc) is 2.40. The summed E-state index contributed by atoms with van der Waals surface area (Å²) in [7, 11) is 0. The summed E-state index contributed by atoms with van der Waals surface area (Å²) in [4.78, 5) is 21.2. The van der Waals surface area contributed by atoms with Gasteiger partial charge in [-0.25, -0.2) is 0 Å². The average molecular weight is 281 g/mol. The lowest BCUT2D eigenvalue weighted by Gasteiger charge is -2.08. The van der Waals surface area contributed by atoms with Gasteiger partial charge in [0.25, 0.3) is 5.69 Å². The maximum absolute atomic E-state index is 11.0. The Morgan fingerprint density at radius 3 is 2.40 bits per heavy atom. The van der Waals surface area contributed by atoms with E-state index in [1.807, 2.05) is 33.8 Å². The van der Waals surface area contributed by atoms with Crippen LogP contribution in [0.1, 0.15) is 51.7 Å². The van der Waals surface area contributed by atoms with Gasteiger partial charge in [-0.3, -0.25) is 14.9 Å². The Balaban J connectivity index is 0.00000172. The molecular weight excluding hydrogens is 258 g/mol. The lowest BCUT2D eigenvalue weighted by Crippen LogP contribution is -2.05. The normalized spacial score (nSPS) is 9.70. The Bertz CT molecular complexity index is 455. The molecule has 0 spiro atoms. The van der Waals surface area contributed by atoms with E-state index in [0.717, 1.165) is 5.56 Å². The van der Waals surface area contributed by atoms with E-state index in [2.05, 4.69) is 0 Å². The number of hydrogen-bond acceptors (Lipinski definition) is 4. The summed E-state index contributed by atoms with van der Waals surface area (Å²) in [6.07, 6.45) is 0.355. The minimum atomic E-state index is -0.394. The molecule has 1 rings (SSSR count). The Labute approximate surface area is 120 Å². The summed E-state index contributed by atoms with van der Waals surface area (Å²) < 4.78 is 4.80. The molecule has 0 radical (unpaired) electrons. The quantitative estimate of drug-likeness (QED) is 0.467. The molecule has 0 aliphatic heterocycles. The zero-order valence-corrected chi connectivity index (χ0v) is 12.8. The molecule has 20 heavy (non-hydrogen) atoms. The summed E-state index contributed by atoms with van der Waals surface area (Å²) in [5.74, 6) is -0.136. The minimum Gasteiger partial charge on any atom is -0.466 e. The highest BCUT2D eigenvalue weighted by Crippen LogP contribution is 2.25. The van der Waals surface area contributed by atoms with Gasteiger partial charge >= 0.3 is 5.97 Å². The fourth-order valence-corrected chi connectivity index (χ4v) is 1.63. The van der Waals surface area contributed by atoms with Gasteiger partial charge in [0.2, 0.25) is 0 Å². The molecule has 0 fully saturated rings. The maximum Gasteiger partial charge on any atom is 0.302 e. The zero-order valence-electron chi connectivity index (χ0n) is 12.8. The second-order valence-corrected chi connectivity index (χ2v) is 4.39. The molecule has 5 nitrogen and oxygen atoms in total. The molecule has 0 atom stereocenters. The smallest absolute Gasteiger partial charge is 0.302 e. The molecule has 0 bridgehead atoms. The van der Waals surface area contributed by atoms with Crippen LogP contribution in [0.3, 0.4) is 0 Å². The molecule has 0 saturated carbocycles. The van der Waals surface area contributed by atoms with Crippen LogP contribution in [-0.2, 0) is 16.0 Å². The Morgan fingerprint density at radius 1 is 1.35 bits per heavy atom. The van der Waals surface area contributed by atoms with Gasteiger partial charge < -0.3 is 4.74 Å². The van der Waals surface area contributed by atoms with Crippen molar-refractivity contribution < 1.29 is 14.5 Å². The molecular formula is C15H23NO4. The number of carbonyl (C=O) groups is 1. The van der Waals surface area contributed by atoms with E-state index in [-0.39, 0.29) is 24.2 Å². The minimum absolute atomic E-state index is 0.0911. The van der Waals surface area contributed by atoms with Crippen molar-refractivity contribution in [3.05, 3.63) is 39.4 Å². The first kappa shape index (κ1) is 18.1. The summed E-state index contributed by atoms with van der Waals surface area (Å²) in [6, 6.07) is 5.20. The number of benzene rings is 1. The van der Waals surface area contributed by atoms with Crippen LogP contribution in [0, 0.1) is 10.1 Å². The van der Waals surface area contributed by atoms with E-state index in [1.54, 1.807) is 12.1 Å². The third-order valence-corrected chi connectivity index (χ3v) is 2.65. The molecule has 0 saturated heterocycles. The zero-order chi connectivity index (χ0) is 15.7. The number of carbonyl (C=O) groups excluding carboxylic acids is 1. The number of nitrogens with zero attached hydrogens (tertiary/aromatic N) is 1. The van der Waals surface area contributed by atoms with E-state index in [9.17, 15) is 14.9 Å². The monoisotopic (exact) mass is 281 g/mol. The molecule has 1 aromatic carbocycles. The molecule has 0 aliphatic carbocycles. The van der Waals surface area contributed by atoms with Crippen LogP contribution in [0.25, 0.3) is 0 Å². The van der Waals surface area contributed by atoms with E-state index in [0.29, 0.717) is 12.0 Å². The molecule has 0 amide bonds. The maximum atomic E-state index is 11.0. The van der Waals surface area contributed by atoms with Gasteiger partial charge in [-0.1, -0.05) is 39.8 Å². The molecule has 0 aliphatic rings. The fourth-order valence-electron chi connectivity index (χ4n) is 1.63. The van der Waals surface area contributed by atoms with Crippen LogP contribution in [-0.4, -0.2) is 17.5 Å². The van der Waals surface area contributed by atoms with Gasteiger partial charge in [-0.15, -0.1) is 0 Å². The van der Waals surface area contributed by atoms with Crippen molar-refractivity contribution in [1.29, 1.82) is 0 Å². The number of ether oxygens (including phenoxy) is 1. The van der Waals surface area contributed by atoms with Gasteiger partial charge in [0.1, 0.15) is 0 Å². The first-order valence-corrected chi connectivity index (χ1v) is 6.82. The van der Waals surface area contributed by atoms with Gasteiger partial charge in [-0.05, 0) is 11.5 Å². The number of esters is 1. The summed E-state index contributed by atoms with van der Waals surface area (Å²) in [5.41, 5.74) is 1.61. The molecule has 1 aromatic rings.